The Bertz CT molecular complexity index is 1930. The molecule has 0 saturated carbocycles. The molecule has 0 saturated heterocycles. The van der Waals surface area contributed by atoms with Gasteiger partial charge in [-0.05, 0) is 42.3 Å². The lowest BCUT2D eigenvalue weighted by atomic mass is 10.1. The lowest BCUT2D eigenvalue weighted by Gasteiger charge is -2.08. The first-order valence-corrected chi connectivity index (χ1v) is 17.1. The van der Waals surface area contributed by atoms with E-state index in [4.69, 9.17) is 18.9 Å². The van der Waals surface area contributed by atoms with Crippen LogP contribution in [0.1, 0.15) is 23.6 Å². The van der Waals surface area contributed by atoms with E-state index in [1.807, 2.05) is 30.3 Å². The summed E-state index contributed by atoms with van der Waals surface area (Å²) in [6, 6.07) is 12.1. The van der Waals surface area contributed by atoms with Crippen LogP contribution in [-0.2, 0) is 19.4 Å². The van der Waals surface area contributed by atoms with Crippen molar-refractivity contribution in [2.45, 2.75) is 33.2 Å². The van der Waals surface area contributed by atoms with Crippen molar-refractivity contribution in [2.24, 2.45) is 5.92 Å². The molecule has 6 aromatic rings. The fourth-order valence-electron chi connectivity index (χ4n) is 4.99. The Labute approximate surface area is 277 Å². The third-order valence-electron chi connectivity index (χ3n) is 6.88. The highest BCUT2D eigenvalue weighted by molar-refractivity contribution is 9.10. The van der Waals surface area contributed by atoms with Crippen molar-refractivity contribution >= 4 is 54.5 Å². The molecule has 0 radical (unpaired) electrons. The number of hydrogen-bond acceptors (Lipinski definition) is 11. The number of rotatable bonds is 4. The molecule has 8 rings (SSSR count). The van der Waals surface area contributed by atoms with Crippen LogP contribution < -0.4 is 9.47 Å². The topological polar surface area (TPSA) is 114 Å². The van der Waals surface area contributed by atoms with Crippen LogP contribution in [-0.4, -0.2) is 48.1 Å². The van der Waals surface area contributed by atoms with E-state index >= 15 is 0 Å². The van der Waals surface area contributed by atoms with Gasteiger partial charge in [0.15, 0.2) is 15.8 Å². The van der Waals surface area contributed by atoms with Gasteiger partial charge in [0, 0.05) is 49.2 Å². The second-order valence-electron chi connectivity index (χ2n) is 10.5. The molecule has 2 aliphatic rings. The smallest absolute Gasteiger partial charge is 0.276 e. The summed E-state index contributed by atoms with van der Waals surface area (Å²) in [5.74, 6) is 3.57. The van der Waals surface area contributed by atoms with Crippen molar-refractivity contribution in [1.82, 2.24) is 34.9 Å². The molecule has 0 bridgehead atoms. The zero-order valence-corrected chi connectivity index (χ0v) is 28.5. The van der Waals surface area contributed by atoms with E-state index < -0.39 is 0 Å². The van der Waals surface area contributed by atoms with Crippen LogP contribution in [0.15, 0.2) is 62.5 Å². The standard InChI is InChI=1S/C17H17BrN4OS.C13H8BrN3O2S/c1-10(2)8-22-9-19-21-16(22)17-20-15-12-4-3-11(18)7-13(12)23-6-5-14(15)24-17;14-7-1-2-8-9(5-7)18-4-3-10-11(8)16-13(20-10)12-17-15-6-19-12/h3-4,7,9-10H,5-6,8H2,1-2H3;1-2,5-6H,3-4H2. The molecule has 14 heteroatoms. The summed E-state index contributed by atoms with van der Waals surface area (Å²) in [5.41, 5.74) is 4.00. The Morgan fingerprint density at radius 1 is 0.818 bits per heavy atom. The summed E-state index contributed by atoms with van der Waals surface area (Å²) in [6.45, 7) is 6.57. The number of aromatic nitrogens is 7. The highest BCUT2D eigenvalue weighted by Crippen LogP contribution is 2.42. The van der Waals surface area contributed by atoms with Gasteiger partial charge < -0.3 is 18.5 Å². The highest BCUT2D eigenvalue weighted by Gasteiger charge is 2.24. The Morgan fingerprint density at radius 3 is 2.02 bits per heavy atom. The van der Waals surface area contributed by atoms with Crippen molar-refractivity contribution < 1.29 is 13.9 Å². The third kappa shape index (κ3) is 5.95. The second kappa shape index (κ2) is 12.5. The molecule has 4 aromatic heterocycles. The normalized spacial score (nSPS) is 13.3. The van der Waals surface area contributed by atoms with Crippen LogP contribution in [0.4, 0.5) is 0 Å². The minimum absolute atomic E-state index is 0.461. The monoisotopic (exact) mass is 753 g/mol. The molecule has 0 aliphatic carbocycles. The zero-order valence-electron chi connectivity index (χ0n) is 23.7. The van der Waals surface area contributed by atoms with Crippen molar-refractivity contribution in [1.29, 1.82) is 0 Å². The van der Waals surface area contributed by atoms with Gasteiger partial charge in [0.2, 0.25) is 6.39 Å². The van der Waals surface area contributed by atoms with Crippen LogP contribution in [0, 0.1) is 5.92 Å². The average Bonchev–Trinajstić information content (AvgIpc) is 3.79. The van der Waals surface area contributed by atoms with Gasteiger partial charge in [-0.25, -0.2) is 9.97 Å². The van der Waals surface area contributed by atoms with Gasteiger partial charge in [0.05, 0.1) is 24.6 Å². The molecule has 0 fully saturated rings. The van der Waals surface area contributed by atoms with E-state index in [1.54, 1.807) is 29.0 Å². The number of nitrogens with zero attached hydrogens (tertiary/aromatic N) is 7. The maximum Gasteiger partial charge on any atom is 0.276 e. The molecule has 2 aromatic carbocycles. The number of fused-ring (bicyclic) bond motifs is 6. The van der Waals surface area contributed by atoms with Gasteiger partial charge in [0.25, 0.3) is 5.89 Å². The largest absolute Gasteiger partial charge is 0.492 e. The van der Waals surface area contributed by atoms with E-state index in [1.165, 1.54) is 16.1 Å². The van der Waals surface area contributed by atoms with Gasteiger partial charge in [-0.15, -0.1) is 43.1 Å². The molecule has 2 aliphatic heterocycles. The number of benzene rings is 2. The number of ether oxygens (including phenoxy) is 2. The SMILES string of the molecule is Brc1ccc2c(c1)OCCc1sc(-c3nnco3)nc1-2.CC(C)Cn1cnnc1-c1nc2c(s1)CCOc1cc(Br)ccc1-2. The fraction of sp³-hybridized carbons (Fsp3) is 0.267. The molecular formula is C30H25Br2N7O3S2. The zero-order chi connectivity index (χ0) is 30.2. The molecule has 6 heterocycles. The van der Waals surface area contributed by atoms with Gasteiger partial charge in [-0.1, -0.05) is 45.7 Å². The molecule has 10 nitrogen and oxygen atoms in total. The molecule has 0 unspecified atom stereocenters. The minimum Gasteiger partial charge on any atom is -0.492 e. The molecule has 0 spiro atoms. The average molecular weight is 756 g/mol. The van der Waals surface area contributed by atoms with Crippen LogP contribution in [0.3, 0.4) is 0 Å². The predicted molar refractivity (Wildman–Crippen MR) is 176 cm³/mol. The van der Waals surface area contributed by atoms with Gasteiger partial charge >= 0.3 is 0 Å². The lowest BCUT2D eigenvalue weighted by molar-refractivity contribution is 0.327. The molecular weight excluding hydrogens is 730 g/mol. The van der Waals surface area contributed by atoms with Gasteiger partial charge in [0.1, 0.15) is 17.8 Å². The fourth-order valence-corrected chi connectivity index (χ4v) is 7.72. The predicted octanol–water partition coefficient (Wildman–Crippen LogP) is 7.98. The van der Waals surface area contributed by atoms with Crippen LogP contribution in [0.5, 0.6) is 11.5 Å². The first-order valence-electron chi connectivity index (χ1n) is 13.9. The van der Waals surface area contributed by atoms with E-state index in [-0.39, 0.29) is 0 Å². The maximum absolute atomic E-state index is 5.88. The first kappa shape index (κ1) is 29.3. The molecule has 0 N–H and O–H groups in total. The Balaban J connectivity index is 0.000000144. The van der Waals surface area contributed by atoms with E-state index in [2.05, 4.69) is 81.7 Å². The Kier molecular flexibility index (Phi) is 8.31. The Hall–Kier alpha value is -3.46. The number of thiazole rings is 2. The summed E-state index contributed by atoms with van der Waals surface area (Å²) in [7, 11) is 0. The second-order valence-corrected chi connectivity index (χ2v) is 14.5. The maximum atomic E-state index is 5.88. The minimum atomic E-state index is 0.461. The quantitative estimate of drug-likeness (QED) is 0.177. The summed E-state index contributed by atoms with van der Waals surface area (Å²) >= 11 is 10.2. The molecule has 0 amide bonds. The summed E-state index contributed by atoms with van der Waals surface area (Å²) in [5, 5.41) is 17.7. The van der Waals surface area contributed by atoms with Crippen molar-refractivity contribution in [3.05, 3.63) is 67.8 Å². The van der Waals surface area contributed by atoms with Gasteiger partial charge in [-0.2, -0.15) is 0 Å². The van der Waals surface area contributed by atoms with E-state index in [0.717, 1.165) is 78.2 Å². The Morgan fingerprint density at radius 2 is 1.43 bits per heavy atom. The third-order valence-corrected chi connectivity index (χ3v) is 10.1. The molecule has 224 valence electrons. The van der Waals surface area contributed by atoms with Gasteiger partial charge in [-0.3, -0.25) is 0 Å². The van der Waals surface area contributed by atoms with Crippen molar-refractivity contribution in [3.63, 3.8) is 0 Å². The summed E-state index contributed by atoms with van der Waals surface area (Å²) < 4.78 is 21.0. The van der Waals surface area contributed by atoms with E-state index in [9.17, 15) is 0 Å². The van der Waals surface area contributed by atoms with Crippen LogP contribution in [0.25, 0.3) is 44.2 Å². The van der Waals surface area contributed by atoms with Crippen molar-refractivity contribution in [2.75, 3.05) is 13.2 Å². The first-order chi connectivity index (χ1) is 21.4. The number of halogens is 2. The molecule has 0 atom stereocenters. The van der Waals surface area contributed by atoms with Crippen LogP contribution >= 0.6 is 54.5 Å². The van der Waals surface area contributed by atoms with Crippen molar-refractivity contribution in [3.8, 4) is 55.7 Å². The number of hydrogen-bond donors (Lipinski definition) is 0. The lowest BCUT2D eigenvalue weighted by Crippen LogP contribution is -2.05. The summed E-state index contributed by atoms with van der Waals surface area (Å²) in [4.78, 5) is 12.0. The summed E-state index contributed by atoms with van der Waals surface area (Å²) in [6.07, 6.45) is 4.79. The molecule has 44 heavy (non-hydrogen) atoms. The van der Waals surface area contributed by atoms with Crippen LogP contribution in [0.2, 0.25) is 0 Å². The highest BCUT2D eigenvalue weighted by atomic mass is 79.9. The van der Waals surface area contributed by atoms with E-state index in [0.29, 0.717) is 25.0 Å².